The summed E-state index contributed by atoms with van der Waals surface area (Å²) in [7, 11) is 0. The molecule has 0 aliphatic carbocycles. The summed E-state index contributed by atoms with van der Waals surface area (Å²) >= 11 is 1.44. The number of amidine groups is 1. The highest BCUT2D eigenvalue weighted by molar-refractivity contribution is 7.99. The molecule has 106 valence electrons. The molecule has 0 saturated carbocycles. The van der Waals surface area contributed by atoms with Crippen LogP contribution in [0.3, 0.4) is 0 Å². The van der Waals surface area contributed by atoms with E-state index in [0.29, 0.717) is 10.8 Å². The molecule has 6 heteroatoms. The van der Waals surface area contributed by atoms with Crippen molar-refractivity contribution >= 4 is 17.6 Å². The smallest absolute Gasteiger partial charge is 0.384 e. The Labute approximate surface area is 115 Å². The average molecular weight is 290 g/mol. The standard InChI is InChI=1S/C13H17F3N2S/c1-3-8(2)7-19-11-5-4-9(13(14,15)16)6-10(11)12(17)18/h4-6,8H,3,7H2,1-2H3,(H3,17,18). The fourth-order valence-corrected chi connectivity index (χ4v) is 2.58. The lowest BCUT2D eigenvalue weighted by Crippen LogP contribution is -2.15. The van der Waals surface area contributed by atoms with Crippen molar-refractivity contribution in [1.29, 1.82) is 5.41 Å². The molecule has 0 heterocycles. The monoisotopic (exact) mass is 290 g/mol. The van der Waals surface area contributed by atoms with Crippen molar-refractivity contribution in [1.82, 2.24) is 0 Å². The number of rotatable bonds is 5. The Morgan fingerprint density at radius 3 is 2.53 bits per heavy atom. The fourth-order valence-electron chi connectivity index (χ4n) is 1.39. The van der Waals surface area contributed by atoms with Gasteiger partial charge in [-0.3, -0.25) is 5.41 Å². The first kappa shape index (κ1) is 15.9. The average Bonchev–Trinajstić information content (AvgIpc) is 2.34. The van der Waals surface area contributed by atoms with Gasteiger partial charge in [-0.1, -0.05) is 20.3 Å². The molecule has 1 rings (SSSR count). The van der Waals surface area contributed by atoms with E-state index in [1.54, 1.807) is 0 Å². The quantitative estimate of drug-likeness (QED) is 0.486. The molecule has 0 aliphatic heterocycles. The van der Waals surface area contributed by atoms with E-state index in [0.717, 1.165) is 24.3 Å². The maximum atomic E-state index is 12.6. The second kappa shape index (κ2) is 6.32. The van der Waals surface area contributed by atoms with Crippen LogP contribution in [0, 0.1) is 11.3 Å². The highest BCUT2D eigenvalue weighted by atomic mass is 32.2. The Morgan fingerprint density at radius 2 is 2.05 bits per heavy atom. The van der Waals surface area contributed by atoms with Crippen LogP contribution in [-0.4, -0.2) is 11.6 Å². The van der Waals surface area contributed by atoms with Gasteiger partial charge in [-0.15, -0.1) is 11.8 Å². The normalized spacial score (nSPS) is 13.3. The van der Waals surface area contributed by atoms with Crippen molar-refractivity contribution in [2.75, 3.05) is 5.75 Å². The summed E-state index contributed by atoms with van der Waals surface area (Å²) in [5, 5.41) is 7.41. The zero-order valence-electron chi connectivity index (χ0n) is 10.8. The van der Waals surface area contributed by atoms with Crippen LogP contribution >= 0.6 is 11.8 Å². The van der Waals surface area contributed by atoms with E-state index in [1.807, 2.05) is 0 Å². The van der Waals surface area contributed by atoms with E-state index in [-0.39, 0.29) is 11.4 Å². The van der Waals surface area contributed by atoms with Crippen LogP contribution in [0.5, 0.6) is 0 Å². The molecule has 1 aromatic carbocycles. The van der Waals surface area contributed by atoms with Crippen LogP contribution in [0.1, 0.15) is 31.4 Å². The third-order valence-corrected chi connectivity index (χ3v) is 4.22. The van der Waals surface area contributed by atoms with Gasteiger partial charge in [-0.2, -0.15) is 13.2 Å². The SMILES string of the molecule is CCC(C)CSc1ccc(C(F)(F)F)cc1C(=N)N. The van der Waals surface area contributed by atoms with Crippen LogP contribution in [-0.2, 0) is 6.18 Å². The lowest BCUT2D eigenvalue weighted by atomic mass is 10.1. The van der Waals surface area contributed by atoms with Crippen LogP contribution < -0.4 is 5.73 Å². The third kappa shape index (κ3) is 4.45. The number of alkyl halides is 3. The Hall–Kier alpha value is -1.17. The highest BCUT2D eigenvalue weighted by Gasteiger charge is 2.31. The predicted octanol–water partition coefficient (Wildman–Crippen LogP) is 4.13. The number of halogens is 3. The third-order valence-electron chi connectivity index (χ3n) is 2.82. The largest absolute Gasteiger partial charge is 0.416 e. The molecule has 0 saturated heterocycles. The van der Waals surface area contributed by atoms with Crippen molar-refractivity contribution in [3.05, 3.63) is 29.3 Å². The van der Waals surface area contributed by atoms with E-state index in [1.165, 1.54) is 17.8 Å². The molecule has 0 aromatic heterocycles. The van der Waals surface area contributed by atoms with Gasteiger partial charge in [0.1, 0.15) is 5.84 Å². The highest BCUT2D eigenvalue weighted by Crippen LogP contribution is 2.33. The molecule has 0 fully saturated rings. The van der Waals surface area contributed by atoms with E-state index >= 15 is 0 Å². The Bertz CT molecular complexity index is 458. The number of nitrogen functional groups attached to an aromatic ring is 1. The maximum Gasteiger partial charge on any atom is 0.416 e. The molecule has 0 bridgehead atoms. The molecule has 0 aliphatic rings. The van der Waals surface area contributed by atoms with Crippen LogP contribution in [0.15, 0.2) is 23.1 Å². The van der Waals surface area contributed by atoms with Gasteiger partial charge in [0.15, 0.2) is 0 Å². The van der Waals surface area contributed by atoms with Crippen molar-refractivity contribution in [2.45, 2.75) is 31.3 Å². The molecule has 1 atom stereocenters. The molecule has 0 radical (unpaired) electrons. The lowest BCUT2D eigenvalue weighted by molar-refractivity contribution is -0.137. The van der Waals surface area contributed by atoms with Crippen LogP contribution in [0.4, 0.5) is 13.2 Å². The zero-order chi connectivity index (χ0) is 14.6. The summed E-state index contributed by atoms with van der Waals surface area (Å²) in [5.41, 5.74) is 4.75. The maximum absolute atomic E-state index is 12.6. The van der Waals surface area contributed by atoms with E-state index < -0.39 is 11.7 Å². The number of benzene rings is 1. The van der Waals surface area contributed by atoms with Crippen LogP contribution in [0.25, 0.3) is 0 Å². The van der Waals surface area contributed by atoms with E-state index in [4.69, 9.17) is 11.1 Å². The van der Waals surface area contributed by atoms with Gasteiger partial charge < -0.3 is 5.73 Å². The first-order valence-electron chi connectivity index (χ1n) is 5.94. The molecule has 0 amide bonds. The van der Waals surface area contributed by atoms with Crippen molar-refractivity contribution in [3.63, 3.8) is 0 Å². The van der Waals surface area contributed by atoms with Gasteiger partial charge in [-0.05, 0) is 24.1 Å². The summed E-state index contributed by atoms with van der Waals surface area (Å²) < 4.78 is 37.8. The number of hydrogen-bond donors (Lipinski definition) is 2. The van der Waals surface area contributed by atoms with Gasteiger partial charge in [0.2, 0.25) is 0 Å². The van der Waals surface area contributed by atoms with Crippen LogP contribution in [0.2, 0.25) is 0 Å². The minimum absolute atomic E-state index is 0.156. The molecule has 2 nitrogen and oxygen atoms in total. The molecule has 3 N–H and O–H groups in total. The molecule has 19 heavy (non-hydrogen) atoms. The minimum Gasteiger partial charge on any atom is -0.384 e. The number of thioether (sulfide) groups is 1. The Balaban J connectivity index is 3.02. The van der Waals surface area contributed by atoms with Gasteiger partial charge in [0.05, 0.1) is 5.56 Å². The van der Waals surface area contributed by atoms with Crippen molar-refractivity contribution in [3.8, 4) is 0 Å². The van der Waals surface area contributed by atoms with Crippen molar-refractivity contribution in [2.24, 2.45) is 11.7 Å². The fraction of sp³-hybridized carbons (Fsp3) is 0.462. The number of hydrogen-bond acceptors (Lipinski definition) is 2. The predicted molar refractivity (Wildman–Crippen MR) is 72.6 cm³/mol. The first-order chi connectivity index (χ1) is 8.75. The van der Waals surface area contributed by atoms with Gasteiger partial charge in [-0.25, -0.2) is 0 Å². The summed E-state index contributed by atoms with van der Waals surface area (Å²) in [4.78, 5) is 0.626. The minimum atomic E-state index is -4.41. The second-order valence-electron chi connectivity index (χ2n) is 4.45. The van der Waals surface area contributed by atoms with E-state index in [2.05, 4.69) is 13.8 Å². The van der Waals surface area contributed by atoms with E-state index in [9.17, 15) is 13.2 Å². The van der Waals surface area contributed by atoms with Gasteiger partial charge in [0.25, 0.3) is 0 Å². The molecular formula is C13H17F3N2S. The van der Waals surface area contributed by atoms with Gasteiger partial charge in [0, 0.05) is 16.2 Å². The summed E-state index contributed by atoms with van der Waals surface area (Å²) in [6.45, 7) is 4.13. The molecule has 1 aromatic rings. The summed E-state index contributed by atoms with van der Waals surface area (Å²) in [6, 6.07) is 3.37. The lowest BCUT2D eigenvalue weighted by Gasteiger charge is -2.14. The second-order valence-corrected chi connectivity index (χ2v) is 5.51. The summed E-state index contributed by atoms with van der Waals surface area (Å²) in [6.07, 6.45) is -3.41. The zero-order valence-corrected chi connectivity index (χ0v) is 11.7. The number of nitrogens with one attached hydrogen (secondary N) is 1. The number of nitrogens with two attached hydrogens (primary N) is 1. The molecule has 0 spiro atoms. The van der Waals surface area contributed by atoms with Gasteiger partial charge >= 0.3 is 6.18 Å². The Morgan fingerprint density at radius 1 is 1.42 bits per heavy atom. The topological polar surface area (TPSA) is 49.9 Å². The molecular weight excluding hydrogens is 273 g/mol. The molecule has 1 unspecified atom stereocenters. The Kier molecular flexibility index (Phi) is 5.29. The summed E-state index contributed by atoms with van der Waals surface area (Å²) in [5.74, 6) is 0.923. The van der Waals surface area contributed by atoms with Crippen molar-refractivity contribution < 1.29 is 13.2 Å². The first-order valence-corrected chi connectivity index (χ1v) is 6.92.